The number of hydrogen-bond acceptors (Lipinski definition) is 3. The third kappa shape index (κ3) is 3.49. The van der Waals surface area contributed by atoms with Gasteiger partial charge in [0, 0.05) is 4.90 Å². The van der Waals surface area contributed by atoms with Crippen LogP contribution in [0.2, 0.25) is 0 Å². The van der Waals surface area contributed by atoms with E-state index in [1.165, 1.54) is 11.8 Å². The number of nitrogens with zero attached hydrogens (tertiary/aromatic N) is 1. The second kappa shape index (κ2) is 6.66. The molecule has 1 amide bonds. The van der Waals surface area contributed by atoms with Crippen molar-refractivity contribution in [2.75, 3.05) is 5.75 Å². The zero-order chi connectivity index (χ0) is 15.4. The summed E-state index contributed by atoms with van der Waals surface area (Å²) < 4.78 is 0. The first-order chi connectivity index (χ1) is 10.7. The Balaban J connectivity index is 1.58. The number of fused-ring (bicyclic) bond motifs is 1. The predicted molar refractivity (Wildman–Crippen MR) is 89.8 cm³/mol. The molecule has 1 heterocycles. The van der Waals surface area contributed by atoms with E-state index >= 15 is 0 Å². The van der Waals surface area contributed by atoms with E-state index in [-0.39, 0.29) is 11.9 Å². The Kier molecular flexibility index (Phi) is 4.44. The van der Waals surface area contributed by atoms with Crippen molar-refractivity contribution in [3.05, 3.63) is 60.4 Å². The molecule has 22 heavy (non-hydrogen) atoms. The average Bonchev–Trinajstić information content (AvgIpc) is 2.98. The molecule has 2 N–H and O–H groups in total. The maximum Gasteiger partial charge on any atom is 0.230 e. The van der Waals surface area contributed by atoms with E-state index in [2.05, 4.69) is 15.3 Å². The highest BCUT2D eigenvalue weighted by Gasteiger charge is 2.13. The summed E-state index contributed by atoms with van der Waals surface area (Å²) in [7, 11) is 0. The number of imidazole rings is 1. The van der Waals surface area contributed by atoms with Crippen molar-refractivity contribution in [2.24, 2.45) is 0 Å². The molecule has 1 atom stereocenters. The lowest BCUT2D eigenvalue weighted by molar-refractivity contribution is -0.119. The molecule has 0 bridgehead atoms. The lowest BCUT2D eigenvalue weighted by Crippen LogP contribution is -2.28. The normalized spacial score (nSPS) is 12.2. The van der Waals surface area contributed by atoms with E-state index < -0.39 is 0 Å². The summed E-state index contributed by atoms with van der Waals surface area (Å²) in [4.78, 5) is 20.9. The summed E-state index contributed by atoms with van der Waals surface area (Å²) in [5.41, 5.74) is 1.90. The summed E-state index contributed by atoms with van der Waals surface area (Å²) in [6.07, 6.45) is 0. The number of carbonyl (C=O) groups excluding carboxylic acids is 1. The van der Waals surface area contributed by atoms with E-state index in [0.717, 1.165) is 21.8 Å². The Bertz CT molecular complexity index is 737. The van der Waals surface area contributed by atoms with Crippen molar-refractivity contribution in [1.29, 1.82) is 0 Å². The lowest BCUT2D eigenvalue weighted by atomic mass is 10.3. The Labute approximate surface area is 133 Å². The molecule has 112 valence electrons. The molecule has 3 rings (SSSR count). The monoisotopic (exact) mass is 311 g/mol. The molecule has 0 aliphatic rings. The molecule has 3 aromatic rings. The van der Waals surface area contributed by atoms with Gasteiger partial charge in [0.25, 0.3) is 0 Å². The van der Waals surface area contributed by atoms with Gasteiger partial charge in [-0.25, -0.2) is 4.98 Å². The van der Waals surface area contributed by atoms with E-state index in [1.54, 1.807) is 0 Å². The van der Waals surface area contributed by atoms with Crippen LogP contribution in [0.3, 0.4) is 0 Å². The minimum atomic E-state index is -0.142. The largest absolute Gasteiger partial charge is 0.346 e. The first kappa shape index (κ1) is 14.7. The SMILES string of the molecule is CC(NC(=O)CSc1ccccc1)c1nc2ccccc2[nH]1. The minimum Gasteiger partial charge on any atom is -0.346 e. The summed E-state index contributed by atoms with van der Waals surface area (Å²) in [6.45, 7) is 1.93. The number of rotatable bonds is 5. The summed E-state index contributed by atoms with van der Waals surface area (Å²) in [5.74, 6) is 1.18. The predicted octanol–water partition coefficient (Wildman–Crippen LogP) is 3.53. The number of thioether (sulfide) groups is 1. The highest BCUT2D eigenvalue weighted by molar-refractivity contribution is 8.00. The van der Waals surface area contributed by atoms with Crippen LogP contribution < -0.4 is 5.32 Å². The van der Waals surface area contributed by atoms with Gasteiger partial charge in [-0.2, -0.15) is 0 Å². The van der Waals surface area contributed by atoms with Gasteiger partial charge in [0.15, 0.2) is 0 Å². The molecule has 4 nitrogen and oxygen atoms in total. The maximum atomic E-state index is 12.0. The van der Waals surface area contributed by atoms with Crippen LogP contribution in [0.25, 0.3) is 11.0 Å². The molecule has 1 aromatic heterocycles. The fourth-order valence-corrected chi connectivity index (χ4v) is 2.93. The number of amides is 1. The van der Waals surface area contributed by atoms with E-state index in [0.29, 0.717) is 5.75 Å². The molecule has 0 radical (unpaired) electrons. The zero-order valence-corrected chi connectivity index (χ0v) is 13.1. The zero-order valence-electron chi connectivity index (χ0n) is 12.2. The third-order valence-corrected chi connectivity index (χ3v) is 4.32. The third-order valence-electron chi connectivity index (χ3n) is 3.31. The Hall–Kier alpha value is -2.27. The molecular weight excluding hydrogens is 294 g/mol. The number of carbonyl (C=O) groups is 1. The second-order valence-corrected chi connectivity index (χ2v) is 6.08. The van der Waals surface area contributed by atoms with E-state index in [9.17, 15) is 4.79 Å². The molecule has 0 aliphatic heterocycles. The second-order valence-electron chi connectivity index (χ2n) is 5.03. The average molecular weight is 311 g/mol. The van der Waals surface area contributed by atoms with Crippen LogP contribution in [0.5, 0.6) is 0 Å². The molecule has 0 aliphatic carbocycles. The topological polar surface area (TPSA) is 57.8 Å². The van der Waals surface area contributed by atoms with Crippen molar-refractivity contribution in [1.82, 2.24) is 15.3 Å². The van der Waals surface area contributed by atoms with Gasteiger partial charge in [-0.3, -0.25) is 4.79 Å². The first-order valence-corrected chi connectivity index (χ1v) is 8.13. The number of benzene rings is 2. The van der Waals surface area contributed by atoms with Crippen LogP contribution in [0.15, 0.2) is 59.5 Å². The summed E-state index contributed by atoms with van der Waals surface area (Å²) in [5, 5.41) is 2.97. The number of aromatic amines is 1. The molecule has 0 spiro atoms. The standard InChI is InChI=1S/C17H17N3OS/c1-12(17-19-14-9-5-6-10-15(14)20-17)18-16(21)11-22-13-7-3-2-4-8-13/h2-10,12H,11H2,1H3,(H,18,21)(H,19,20). The van der Waals surface area contributed by atoms with Crippen LogP contribution in [-0.4, -0.2) is 21.6 Å². The fraction of sp³-hybridized carbons (Fsp3) is 0.176. The van der Waals surface area contributed by atoms with Gasteiger partial charge in [0.2, 0.25) is 5.91 Å². The van der Waals surface area contributed by atoms with Crippen molar-refractivity contribution >= 4 is 28.7 Å². The first-order valence-electron chi connectivity index (χ1n) is 7.14. The maximum absolute atomic E-state index is 12.0. The number of hydrogen-bond donors (Lipinski definition) is 2. The smallest absolute Gasteiger partial charge is 0.230 e. The minimum absolute atomic E-state index is 0.00168. The van der Waals surface area contributed by atoms with Crippen molar-refractivity contribution < 1.29 is 4.79 Å². The molecular formula is C17H17N3OS. The Morgan fingerprint density at radius 3 is 2.68 bits per heavy atom. The molecule has 0 saturated heterocycles. The lowest BCUT2D eigenvalue weighted by Gasteiger charge is -2.11. The van der Waals surface area contributed by atoms with Gasteiger partial charge in [-0.05, 0) is 31.2 Å². The highest BCUT2D eigenvalue weighted by Crippen LogP contribution is 2.18. The highest BCUT2D eigenvalue weighted by atomic mass is 32.2. The van der Waals surface area contributed by atoms with Gasteiger partial charge in [-0.1, -0.05) is 30.3 Å². The summed E-state index contributed by atoms with van der Waals surface area (Å²) >= 11 is 1.53. The van der Waals surface area contributed by atoms with Crippen LogP contribution in [0.1, 0.15) is 18.8 Å². The number of aromatic nitrogens is 2. The van der Waals surface area contributed by atoms with Gasteiger partial charge >= 0.3 is 0 Å². The number of para-hydroxylation sites is 2. The Morgan fingerprint density at radius 1 is 1.18 bits per heavy atom. The van der Waals surface area contributed by atoms with E-state index in [1.807, 2.05) is 61.5 Å². The van der Waals surface area contributed by atoms with Gasteiger partial charge in [0.1, 0.15) is 5.82 Å². The quantitative estimate of drug-likeness (QED) is 0.709. The van der Waals surface area contributed by atoms with E-state index in [4.69, 9.17) is 0 Å². The van der Waals surface area contributed by atoms with Crippen LogP contribution >= 0.6 is 11.8 Å². The molecule has 2 aromatic carbocycles. The van der Waals surface area contributed by atoms with Crippen molar-refractivity contribution in [2.45, 2.75) is 17.9 Å². The van der Waals surface area contributed by atoms with Crippen LogP contribution in [0.4, 0.5) is 0 Å². The molecule has 0 saturated carbocycles. The van der Waals surface area contributed by atoms with Gasteiger partial charge in [-0.15, -0.1) is 11.8 Å². The van der Waals surface area contributed by atoms with Gasteiger partial charge in [0.05, 0.1) is 22.8 Å². The van der Waals surface area contributed by atoms with Crippen LogP contribution in [-0.2, 0) is 4.79 Å². The number of H-pyrrole nitrogens is 1. The van der Waals surface area contributed by atoms with Crippen LogP contribution in [0, 0.1) is 0 Å². The molecule has 1 unspecified atom stereocenters. The van der Waals surface area contributed by atoms with Gasteiger partial charge < -0.3 is 10.3 Å². The number of nitrogens with one attached hydrogen (secondary N) is 2. The summed E-state index contributed by atoms with van der Waals surface area (Å²) in [6, 6.07) is 17.6. The van der Waals surface area contributed by atoms with Crippen molar-refractivity contribution in [3.8, 4) is 0 Å². The molecule has 0 fully saturated rings. The van der Waals surface area contributed by atoms with Crippen molar-refractivity contribution in [3.63, 3.8) is 0 Å². The molecule has 5 heteroatoms. The fourth-order valence-electron chi connectivity index (χ4n) is 2.19. The Morgan fingerprint density at radius 2 is 1.91 bits per heavy atom.